The fraction of sp³-hybridized carbons (Fsp3) is 0.550. The van der Waals surface area contributed by atoms with Crippen molar-refractivity contribution in [1.29, 1.82) is 0 Å². The van der Waals surface area contributed by atoms with E-state index in [0.717, 1.165) is 51.5 Å². The third-order valence-corrected chi connectivity index (χ3v) is 4.64. The van der Waals surface area contributed by atoms with Crippen molar-refractivity contribution in [1.82, 2.24) is 15.2 Å². The van der Waals surface area contributed by atoms with Crippen LogP contribution in [0, 0.1) is 0 Å². The Labute approximate surface area is 155 Å². The molecule has 0 spiro atoms. The number of aryl methyl sites for hydroxylation is 1. The molecule has 6 nitrogen and oxygen atoms in total. The summed E-state index contributed by atoms with van der Waals surface area (Å²) in [5.74, 6) is 0.822. The molecule has 1 saturated heterocycles. The van der Waals surface area contributed by atoms with E-state index in [-0.39, 0.29) is 6.10 Å². The van der Waals surface area contributed by atoms with Gasteiger partial charge in [0.05, 0.1) is 19.3 Å². The highest BCUT2D eigenvalue weighted by Gasteiger charge is 2.14. The molecule has 0 saturated carbocycles. The molecule has 0 radical (unpaired) electrons. The molecule has 6 heteroatoms. The van der Waals surface area contributed by atoms with Gasteiger partial charge in [0, 0.05) is 45.0 Å². The number of nitrogens with one attached hydrogen (secondary N) is 2. The predicted octanol–water partition coefficient (Wildman–Crippen LogP) is 2.39. The zero-order valence-corrected chi connectivity index (χ0v) is 15.6. The van der Waals surface area contributed by atoms with Gasteiger partial charge >= 0.3 is 0 Å². The summed E-state index contributed by atoms with van der Waals surface area (Å²) in [6.45, 7) is 4.84. The van der Waals surface area contributed by atoms with Gasteiger partial charge in [0.1, 0.15) is 0 Å². The summed E-state index contributed by atoms with van der Waals surface area (Å²) in [6.07, 6.45) is 5.75. The maximum absolute atomic E-state index is 5.65. The van der Waals surface area contributed by atoms with Crippen LogP contribution in [-0.2, 0) is 16.0 Å². The molecule has 142 valence electrons. The number of para-hydroxylation sites is 1. The van der Waals surface area contributed by atoms with E-state index in [1.165, 1.54) is 10.9 Å². The van der Waals surface area contributed by atoms with E-state index in [2.05, 4.69) is 56.7 Å². The number of aliphatic imine (C=N–C) groups is 1. The van der Waals surface area contributed by atoms with Crippen LogP contribution in [0.4, 0.5) is 0 Å². The van der Waals surface area contributed by atoms with Crippen molar-refractivity contribution in [3.63, 3.8) is 0 Å². The molecule has 0 bridgehead atoms. The summed E-state index contributed by atoms with van der Waals surface area (Å²) < 4.78 is 13.5. The maximum Gasteiger partial charge on any atom is 0.191 e. The average molecular weight is 358 g/mol. The number of aromatic nitrogens is 1. The third kappa shape index (κ3) is 5.47. The van der Waals surface area contributed by atoms with Crippen molar-refractivity contribution in [3.05, 3.63) is 36.5 Å². The van der Waals surface area contributed by atoms with Gasteiger partial charge in [-0.2, -0.15) is 0 Å². The van der Waals surface area contributed by atoms with Crippen LogP contribution in [0.5, 0.6) is 0 Å². The SMILES string of the molecule is CN=C(NCCCn1ccc2ccccc21)NCCOCC1CCCO1. The normalized spacial score (nSPS) is 17.7. The minimum Gasteiger partial charge on any atom is -0.377 e. The Morgan fingerprint density at radius 3 is 3.00 bits per heavy atom. The number of nitrogens with zero attached hydrogens (tertiary/aromatic N) is 2. The second-order valence-electron chi connectivity index (χ2n) is 6.56. The first-order valence-electron chi connectivity index (χ1n) is 9.54. The van der Waals surface area contributed by atoms with E-state index in [4.69, 9.17) is 9.47 Å². The predicted molar refractivity (Wildman–Crippen MR) is 106 cm³/mol. The minimum absolute atomic E-state index is 0.289. The summed E-state index contributed by atoms with van der Waals surface area (Å²) in [5.41, 5.74) is 1.29. The zero-order chi connectivity index (χ0) is 18.0. The third-order valence-electron chi connectivity index (χ3n) is 4.64. The number of guanidine groups is 1. The molecule has 0 amide bonds. The molecule has 26 heavy (non-hydrogen) atoms. The van der Waals surface area contributed by atoms with Gasteiger partial charge in [-0.3, -0.25) is 4.99 Å². The van der Waals surface area contributed by atoms with Gasteiger partial charge in [-0.15, -0.1) is 0 Å². The lowest BCUT2D eigenvalue weighted by atomic mass is 10.2. The summed E-state index contributed by atoms with van der Waals surface area (Å²) in [4.78, 5) is 4.26. The Morgan fingerprint density at radius 2 is 2.15 bits per heavy atom. The van der Waals surface area contributed by atoms with Crippen molar-refractivity contribution >= 4 is 16.9 Å². The number of hydrogen-bond donors (Lipinski definition) is 2. The van der Waals surface area contributed by atoms with Gasteiger partial charge in [-0.25, -0.2) is 0 Å². The van der Waals surface area contributed by atoms with Crippen LogP contribution in [-0.4, -0.2) is 56.6 Å². The van der Waals surface area contributed by atoms with Gasteiger partial charge in [0.2, 0.25) is 0 Å². The highest BCUT2D eigenvalue weighted by molar-refractivity contribution is 5.80. The second kappa shape index (κ2) is 10.2. The molecule has 1 aromatic heterocycles. The minimum atomic E-state index is 0.289. The van der Waals surface area contributed by atoms with Crippen LogP contribution < -0.4 is 10.6 Å². The van der Waals surface area contributed by atoms with E-state index in [1.54, 1.807) is 7.05 Å². The summed E-state index contributed by atoms with van der Waals surface area (Å²) in [6, 6.07) is 10.6. The molecule has 1 unspecified atom stereocenters. The molecule has 0 aliphatic carbocycles. The fourth-order valence-corrected chi connectivity index (χ4v) is 3.24. The highest BCUT2D eigenvalue weighted by atomic mass is 16.5. The number of ether oxygens (including phenoxy) is 2. The lowest BCUT2D eigenvalue weighted by Gasteiger charge is -2.13. The van der Waals surface area contributed by atoms with Crippen molar-refractivity contribution < 1.29 is 9.47 Å². The van der Waals surface area contributed by atoms with Gasteiger partial charge in [-0.1, -0.05) is 18.2 Å². The Kier molecular flexibility index (Phi) is 7.34. The molecule has 1 fully saturated rings. The van der Waals surface area contributed by atoms with Crippen molar-refractivity contribution in [3.8, 4) is 0 Å². The molecule has 1 aliphatic rings. The number of rotatable bonds is 9. The lowest BCUT2D eigenvalue weighted by molar-refractivity contribution is 0.0191. The smallest absolute Gasteiger partial charge is 0.191 e. The Hall–Kier alpha value is -2.05. The van der Waals surface area contributed by atoms with Gasteiger partial charge in [-0.05, 0) is 36.8 Å². The molecule has 2 N–H and O–H groups in total. The summed E-state index contributed by atoms with van der Waals surface area (Å²) in [7, 11) is 1.79. The van der Waals surface area contributed by atoms with E-state index in [9.17, 15) is 0 Å². The van der Waals surface area contributed by atoms with Crippen molar-refractivity contribution in [2.75, 3.05) is 40.0 Å². The first kappa shape index (κ1) is 18.7. The van der Waals surface area contributed by atoms with E-state index < -0.39 is 0 Å². The maximum atomic E-state index is 5.65. The monoisotopic (exact) mass is 358 g/mol. The van der Waals surface area contributed by atoms with E-state index in [0.29, 0.717) is 13.2 Å². The molecule has 1 atom stereocenters. The second-order valence-corrected chi connectivity index (χ2v) is 6.56. The zero-order valence-electron chi connectivity index (χ0n) is 15.6. The van der Waals surface area contributed by atoms with Crippen LogP contribution in [0.25, 0.3) is 10.9 Å². The Morgan fingerprint density at radius 1 is 1.27 bits per heavy atom. The van der Waals surface area contributed by atoms with Crippen LogP contribution in [0.15, 0.2) is 41.5 Å². The van der Waals surface area contributed by atoms with Gasteiger partial charge < -0.3 is 24.7 Å². The van der Waals surface area contributed by atoms with Crippen LogP contribution >= 0.6 is 0 Å². The van der Waals surface area contributed by atoms with Crippen LogP contribution in [0.3, 0.4) is 0 Å². The van der Waals surface area contributed by atoms with Crippen molar-refractivity contribution in [2.45, 2.75) is 31.9 Å². The lowest BCUT2D eigenvalue weighted by Crippen LogP contribution is -2.39. The van der Waals surface area contributed by atoms with E-state index in [1.807, 2.05) is 0 Å². The molecule has 3 rings (SSSR count). The first-order chi connectivity index (χ1) is 12.9. The number of fused-ring (bicyclic) bond motifs is 1. The van der Waals surface area contributed by atoms with Crippen LogP contribution in [0.2, 0.25) is 0 Å². The van der Waals surface area contributed by atoms with Crippen LogP contribution in [0.1, 0.15) is 19.3 Å². The van der Waals surface area contributed by atoms with Gasteiger partial charge in [0.15, 0.2) is 5.96 Å². The number of benzene rings is 1. The number of hydrogen-bond acceptors (Lipinski definition) is 3. The Balaban J connectivity index is 1.28. The van der Waals surface area contributed by atoms with Gasteiger partial charge in [0.25, 0.3) is 0 Å². The molecule has 1 aliphatic heterocycles. The molecular weight excluding hydrogens is 328 g/mol. The topological polar surface area (TPSA) is 59.8 Å². The average Bonchev–Trinajstić information content (AvgIpc) is 3.33. The Bertz CT molecular complexity index is 692. The van der Waals surface area contributed by atoms with E-state index >= 15 is 0 Å². The fourth-order valence-electron chi connectivity index (χ4n) is 3.24. The highest BCUT2D eigenvalue weighted by Crippen LogP contribution is 2.15. The molecule has 2 aromatic rings. The standard InChI is InChI=1S/C20H30N4O2/c1-21-20(23-11-15-25-16-18-7-4-14-26-18)22-10-5-12-24-13-9-17-6-2-3-8-19(17)24/h2-3,6,8-9,13,18H,4-5,7,10-12,14-16H2,1H3,(H2,21,22,23). The molecular formula is C20H30N4O2. The van der Waals surface area contributed by atoms with Crippen molar-refractivity contribution in [2.24, 2.45) is 4.99 Å². The molecule has 1 aromatic carbocycles. The largest absolute Gasteiger partial charge is 0.377 e. The quantitative estimate of drug-likeness (QED) is 0.411. The summed E-state index contributed by atoms with van der Waals surface area (Å²) in [5, 5.41) is 7.93. The summed E-state index contributed by atoms with van der Waals surface area (Å²) >= 11 is 0. The molecule has 2 heterocycles. The first-order valence-corrected chi connectivity index (χ1v) is 9.54.